The third kappa shape index (κ3) is 62.9. The van der Waals surface area contributed by atoms with Crippen LogP contribution in [0.4, 0.5) is 0 Å². The zero-order valence-electron chi connectivity index (χ0n) is 51.2. The van der Waals surface area contributed by atoms with E-state index in [1.54, 1.807) is 0 Å². The van der Waals surface area contributed by atoms with Gasteiger partial charge in [0.1, 0.15) is 13.2 Å². The van der Waals surface area contributed by atoms with Gasteiger partial charge in [-0.3, -0.25) is 14.4 Å². The third-order valence-corrected chi connectivity index (χ3v) is 14.0. The minimum absolute atomic E-state index is 0.0809. The summed E-state index contributed by atoms with van der Waals surface area (Å²) >= 11 is 0. The molecule has 0 aromatic heterocycles. The predicted molar refractivity (Wildman–Crippen MR) is 339 cm³/mol. The first kappa shape index (κ1) is 74.1. The summed E-state index contributed by atoms with van der Waals surface area (Å²) in [6.07, 6.45) is 89.5. The Morgan fingerprint density at radius 3 is 0.795 bits per heavy atom. The number of unbranched alkanes of at least 4 members (excludes halogenated alkanes) is 30. The molecule has 0 aliphatic rings. The molecule has 0 saturated carbocycles. The summed E-state index contributed by atoms with van der Waals surface area (Å²) in [5.74, 6) is -0.889. The molecule has 446 valence electrons. The highest BCUT2D eigenvalue weighted by molar-refractivity contribution is 5.71. The molecule has 0 aliphatic heterocycles. The van der Waals surface area contributed by atoms with Crippen molar-refractivity contribution in [3.8, 4) is 0 Å². The third-order valence-electron chi connectivity index (χ3n) is 14.0. The zero-order valence-corrected chi connectivity index (χ0v) is 51.2. The van der Waals surface area contributed by atoms with Crippen LogP contribution in [-0.4, -0.2) is 37.2 Å². The van der Waals surface area contributed by atoms with Crippen molar-refractivity contribution in [2.45, 2.75) is 316 Å². The number of carbonyl (C=O) groups excluding carboxylic acids is 3. The van der Waals surface area contributed by atoms with Crippen LogP contribution in [0.5, 0.6) is 0 Å². The highest BCUT2D eigenvalue weighted by atomic mass is 16.6. The number of allylic oxidation sites excluding steroid dienone is 18. The number of hydrogen-bond acceptors (Lipinski definition) is 6. The summed E-state index contributed by atoms with van der Waals surface area (Å²) in [5, 5.41) is 0. The highest BCUT2D eigenvalue weighted by Gasteiger charge is 2.19. The largest absolute Gasteiger partial charge is 0.462 e. The maximum Gasteiger partial charge on any atom is 0.306 e. The molecule has 0 bridgehead atoms. The van der Waals surface area contributed by atoms with Gasteiger partial charge < -0.3 is 14.2 Å². The molecule has 0 aromatic rings. The van der Waals surface area contributed by atoms with Gasteiger partial charge in [0.15, 0.2) is 6.10 Å². The molecule has 1 atom stereocenters. The zero-order chi connectivity index (χ0) is 56.4. The van der Waals surface area contributed by atoms with Crippen LogP contribution in [0.3, 0.4) is 0 Å². The first-order valence-corrected chi connectivity index (χ1v) is 32.9. The summed E-state index contributed by atoms with van der Waals surface area (Å²) in [7, 11) is 0. The Kier molecular flexibility index (Phi) is 62.3. The summed E-state index contributed by atoms with van der Waals surface area (Å²) in [6.45, 7) is 6.52. The van der Waals surface area contributed by atoms with Gasteiger partial charge in [-0.25, -0.2) is 0 Å². The van der Waals surface area contributed by atoms with E-state index in [2.05, 4.69) is 130 Å². The molecule has 78 heavy (non-hydrogen) atoms. The summed E-state index contributed by atoms with van der Waals surface area (Å²) in [5.41, 5.74) is 0. The monoisotopic (exact) mass is 1080 g/mol. The maximum atomic E-state index is 12.9. The van der Waals surface area contributed by atoms with Crippen molar-refractivity contribution in [1.82, 2.24) is 0 Å². The highest BCUT2D eigenvalue weighted by Crippen LogP contribution is 2.16. The van der Waals surface area contributed by atoms with Crippen molar-refractivity contribution >= 4 is 17.9 Å². The smallest absolute Gasteiger partial charge is 0.306 e. The molecule has 0 saturated heterocycles. The standard InChI is InChI=1S/C72H122O6/c1-4-7-10-13-16-19-22-25-27-28-29-30-31-32-33-34-35-36-37-38-39-40-41-42-43-44-45-48-50-53-56-59-62-65-71(74)77-68-69(67-76-70(73)64-61-58-55-52-49-46-24-21-18-15-12-9-6-3)78-72(75)66-63-60-57-54-51-47-26-23-20-17-14-11-8-5-2/h7,10,16,19,23,25-27,29-30,32-33,35-36,38-39,41-42,69H,4-6,8-9,11-15,17-18,20-22,24,28,31,34,37,40,43-68H2,1-3H3/b10-7-,19-16-,26-23-,27-25-,30-29-,33-32-,36-35-,39-38-,42-41-. The second kappa shape index (κ2) is 65.6. The van der Waals surface area contributed by atoms with E-state index in [1.807, 2.05) is 0 Å². The van der Waals surface area contributed by atoms with Crippen LogP contribution in [0.15, 0.2) is 109 Å². The molecule has 0 aromatic carbocycles. The number of ether oxygens (including phenoxy) is 3. The van der Waals surface area contributed by atoms with E-state index in [-0.39, 0.29) is 31.1 Å². The van der Waals surface area contributed by atoms with E-state index in [9.17, 15) is 14.4 Å². The van der Waals surface area contributed by atoms with Gasteiger partial charge in [0.05, 0.1) is 0 Å². The molecule has 6 heteroatoms. The van der Waals surface area contributed by atoms with Crippen molar-refractivity contribution in [1.29, 1.82) is 0 Å². The van der Waals surface area contributed by atoms with Gasteiger partial charge in [0.2, 0.25) is 0 Å². The van der Waals surface area contributed by atoms with Crippen LogP contribution >= 0.6 is 0 Å². The number of rotatable bonds is 59. The van der Waals surface area contributed by atoms with Gasteiger partial charge in [-0.1, -0.05) is 291 Å². The summed E-state index contributed by atoms with van der Waals surface area (Å²) in [4.78, 5) is 38.3. The van der Waals surface area contributed by atoms with E-state index in [1.165, 1.54) is 141 Å². The first-order chi connectivity index (χ1) is 38.5. The molecule has 6 nitrogen and oxygen atoms in total. The summed E-state index contributed by atoms with van der Waals surface area (Å²) < 4.78 is 16.9. The quantitative estimate of drug-likeness (QED) is 0.0261. The average molecular weight is 1080 g/mol. The second-order valence-corrected chi connectivity index (χ2v) is 21.6. The van der Waals surface area contributed by atoms with Gasteiger partial charge in [-0.05, 0) is 109 Å². The molecule has 0 amide bonds. The molecule has 0 radical (unpaired) electrons. The minimum Gasteiger partial charge on any atom is -0.462 e. The van der Waals surface area contributed by atoms with Crippen molar-refractivity contribution in [2.75, 3.05) is 13.2 Å². The first-order valence-electron chi connectivity index (χ1n) is 32.9. The van der Waals surface area contributed by atoms with Gasteiger partial charge in [0.25, 0.3) is 0 Å². The van der Waals surface area contributed by atoms with Crippen LogP contribution in [0.2, 0.25) is 0 Å². The SMILES string of the molecule is CC/C=C\C/C=C\C/C=C\C/C=C\C/C=C\C/C=C\C/C=C\C/C=C\CCCCCCCCCCC(=O)OCC(COC(=O)CCCCCCCCCCCCCCC)OC(=O)CCCCCCC/C=C\CCCCCCC. The molecular formula is C72H122O6. The molecule has 0 rings (SSSR count). The molecule has 0 fully saturated rings. The van der Waals surface area contributed by atoms with E-state index in [0.717, 1.165) is 128 Å². The van der Waals surface area contributed by atoms with E-state index in [0.29, 0.717) is 19.3 Å². The molecule has 0 N–H and O–H groups in total. The van der Waals surface area contributed by atoms with Gasteiger partial charge >= 0.3 is 17.9 Å². The van der Waals surface area contributed by atoms with E-state index < -0.39 is 6.10 Å². The molecule has 0 aliphatic carbocycles. The topological polar surface area (TPSA) is 78.9 Å². The Morgan fingerprint density at radius 1 is 0.269 bits per heavy atom. The normalized spacial score (nSPS) is 12.8. The van der Waals surface area contributed by atoms with Gasteiger partial charge in [-0.15, -0.1) is 0 Å². The maximum absolute atomic E-state index is 12.9. The van der Waals surface area contributed by atoms with E-state index >= 15 is 0 Å². The van der Waals surface area contributed by atoms with Gasteiger partial charge in [-0.2, -0.15) is 0 Å². The van der Waals surface area contributed by atoms with E-state index in [4.69, 9.17) is 14.2 Å². The lowest BCUT2D eigenvalue weighted by Gasteiger charge is -2.18. The Labute approximate surface area is 482 Å². The number of esters is 3. The van der Waals surface area contributed by atoms with Crippen LogP contribution in [0.25, 0.3) is 0 Å². The molecular weight excluding hydrogens is 961 g/mol. The predicted octanol–water partition coefficient (Wildman–Crippen LogP) is 22.6. The van der Waals surface area contributed by atoms with Crippen molar-refractivity contribution in [3.05, 3.63) is 109 Å². The minimum atomic E-state index is -0.785. The van der Waals surface area contributed by atoms with Crippen LogP contribution in [-0.2, 0) is 28.6 Å². The van der Waals surface area contributed by atoms with Crippen LogP contribution in [0, 0.1) is 0 Å². The summed E-state index contributed by atoms with van der Waals surface area (Å²) in [6, 6.07) is 0. The number of hydrogen-bond donors (Lipinski definition) is 0. The Bertz CT molecular complexity index is 1570. The Hall–Kier alpha value is -3.93. The fraction of sp³-hybridized carbons (Fsp3) is 0.708. The van der Waals surface area contributed by atoms with Crippen molar-refractivity contribution in [3.63, 3.8) is 0 Å². The van der Waals surface area contributed by atoms with Crippen LogP contribution < -0.4 is 0 Å². The number of carbonyl (C=O) groups is 3. The molecule has 0 heterocycles. The fourth-order valence-corrected chi connectivity index (χ4v) is 9.10. The Balaban J connectivity index is 4.25. The molecule has 1 unspecified atom stereocenters. The van der Waals surface area contributed by atoms with Crippen molar-refractivity contribution in [2.24, 2.45) is 0 Å². The molecule has 0 spiro atoms. The van der Waals surface area contributed by atoms with Crippen LogP contribution in [0.1, 0.15) is 310 Å². The van der Waals surface area contributed by atoms with Crippen molar-refractivity contribution < 1.29 is 28.6 Å². The Morgan fingerprint density at radius 2 is 0.500 bits per heavy atom. The van der Waals surface area contributed by atoms with Gasteiger partial charge in [0, 0.05) is 19.3 Å². The second-order valence-electron chi connectivity index (χ2n) is 21.6. The lowest BCUT2D eigenvalue weighted by molar-refractivity contribution is -0.167. The lowest BCUT2D eigenvalue weighted by Crippen LogP contribution is -2.30. The average Bonchev–Trinajstić information content (AvgIpc) is 3.44. The lowest BCUT2D eigenvalue weighted by atomic mass is 10.0. The fourth-order valence-electron chi connectivity index (χ4n) is 9.10.